The fourth-order valence-electron chi connectivity index (χ4n) is 4.47. The second-order valence-corrected chi connectivity index (χ2v) is 8.63. The number of anilines is 1. The third-order valence-electron chi connectivity index (χ3n) is 5.99. The normalized spacial score (nSPS) is 16.5. The Hall–Kier alpha value is -3.55. The molecule has 0 saturated carbocycles. The molecule has 0 bridgehead atoms. The van der Waals surface area contributed by atoms with Crippen molar-refractivity contribution in [1.29, 1.82) is 0 Å². The molecule has 0 radical (unpaired) electrons. The number of benzene rings is 2. The molecule has 1 N–H and O–H groups in total. The van der Waals surface area contributed by atoms with Crippen molar-refractivity contribution in [3.8, 4) is 11.5 Å². The first-order chi connectivity index (χ1) is 15.9. The number of nitrogens with one attached hydrogen (secondary N) is 1. The quantitative estimate of drug-likeness (QED) is 0.665. The smallest absolute Gasteiger partial charge is 0.264 e. The summed E-state index contributed by atoms with van der Waals surface area (Å²) < 4.78 is 10.9. The molecule has 0 fully saturated rings. The van der Waals surface area contributed by atoms with Crippen LogP contribution in [-0.4, -0.2) is 49.9 Å². The number of nitrogens with zero attached hydrogens (tertiary/aromatic N) is 2. The van der Waals surface area contributed by atoms with Crippen LogP contribution in [0.5, 0.6) is 11.5 Å². The van der Waals surface area contributed by atoms with Gasteiger partial charge in [0.05, 0.1) is 31.0 Å². The zero-order valence-electron chi connectivity index (χ0n) is 19.4. The first-order valence-corrected chi connectivity index (χ1v) is 11.1. The van der Waals surface area contributed by atoms with E-state index in [1.165, 1.54) is 14.2 Å². The molecule has 8 heteroatoms. The van der Waals surface area contributed by atoms with Crippen molar-refractivity contribution in [2.45, 2.75) is 32.9 Å². The highest BCUT2D eigenvalue weighted by Crippen LogP contribution is 2.49. The number of fused-ring (bicyclic) bond motifs is 5. The zero-order valence-corrected chi connectivity index (χ0v) is 19.4. The summed E-state index contributed by atoms with van der Waals surface area (Å²) in [5.74, 6) is 0.732. The lowest BCUT2D eigenvalue weighted by Gasteiger charge is -2.41. The third-order valence-corrected chi connectivity index (χ3v) is 5.99. The van der Waals surface area contributed by atoms with E-state index in [1.807, 2.05) is 26.0 Å². The molecule has 2 aromatic carbocycles. The third kappa shape index (κ3) is 3.90. The molecular formula is C25H29N3O5. The Labute approximate surface area is 193 Å². The Balaban J connectivity index is 1.69. The van der Waals surface area contributed by atoms with E-state index < -0.39 is 6.17 Å². The molecule has 0 aromatic heterocycles. The van der Waals surface area contributed by atoms with E-state index in [2.05, 4.69) is 5.32 Å². The lowest BCUT2D eigenvalue weighted by molar-refractivity contribution is -0.121. The molecular weight excluding hydrogens is 422 g/mol. The maximum absolute atomic E-state index is 13.6. The van der Waals surface area contributed by atoms with Crippen LogP contribution in [0.3, 0.4) is 0 Å². The maximum atomic E-state index is 13.6. The SMILES string of the molecule is COc1ccc2c(c1OC)C(=O)N1c3ccccc3C(=O)N(CCCC(=O)NCC(C)C)[C@@H]21. The Morgan fingerprint density at radius 3 is 2.52 bits per heavy atom. The molecule has 0 aliphatic carbocycles. The van der Waals surface area contributed by atoms with Crippen LogP contribution in [0.25, 0.3) is 0 Å². The summed E-state index contributed by atoms with van der Waals surface area (Å²) >= 11 is 0. The molecule has 1 atom stereocenters. The van der Waals surface area contributed by atoms with E-state index in [-0.39, 0.29) is 17.7 Å². The van der Waals surface area contributed by atoms with Crippen LogP contribution < -0.4 is 19.7 Å². The summed E-state index contributed by atoms with van der Waals surface area (Å²) in [6.45, 7) is 5.03. The highest BCUT2D eigenvalue weighted by Gasteiger charge is 2.49. The number of carbonyl (C=O) groups is 3. The van der Waals surface area contributed by atoms with Crippen molar-refractivity contribution >= 4 is 23.4 Å². The van der Waals surface area contributed by atoms with Gasteiger partial charge in [0.1, 0.15) is 6.17 Å². The van der Waals surface area contributed by atoms with Gasteiger partial charge in [-0.1, -0.05) is 32.0 Å². The van der Waals surface area contributed by atoms with Crippen LogP contribution in [0.4, 0.5) is 5.69 Å². The standard InChI is InChI=1S/C25H29N3O5/c1-15(2)14-26-20(29)10-7-13-27-23-17-11-12-19(32-3)22(33-4)21(17)25(31)28(23)18-9-6-5-8-16(18)24(27)30/h5-6,8-9,11-12,15,23H,7,10,13-14H2,1-4H3,(H,26,29)/t23-/m1/s1. The van der Waals surface area contributed by atoms with E-state index in [0.717, 1.165) is 0 Å². The largest absolute Gasteiger partial charge is 0.493 e. The van der Waals surface area contributed by atoms with Gasteiger partial charge in [-0.05, 0) is 30.5 Å². The summed E-state index contributed by atoms with van der Waals surface area (Å²) in [5, 5.41) is 2.91. The minimum atomic E-state index is -0.603. The topological polar surface area (TPSA) is 88.2 Å². The van der Waals surface area contributed by atoms with Gasteiger partial charge in [-0.2, -0.15) is 0 Å². The minimum Gasteiger partial charge on any atom is -0.493 e. The number of rotatable bonds is 8. The molecule has 3 amide bonds. The number of methoxy groups -OCH3 is 2. The van der Waals surface area contributed by atoms with Crippen LogP contribution in [-0.2, 0) is 4.79 Å². The van der Waals surface area contributed by atoms with Gasteiger partial charge < -0.3 is 19.7 Å². The molecule has 2 aromatic rings. The van der Waals surface area contributed by atoms with Gasteiger partial charge in [-0.3, -0.25) is 19.3 Å². The number of carbonyl (C=O) groups excluding carboxylic acids is 3. The van der Waals surface area contributed by atoms with E-state index in [9.17, 15) is 14.4 Å². The highest BCUT2D eigenvalue weighted by atomic mass is 16.5. The fraction of sp³-hybridized carbons (Fsp3) is 0.400. The van der Waals surface area contributed by atoms with Gasteiger partial charge >= 0.3 is 0 Å². The lowest BCUT2D eigenvalue weighted by atomic mass is 10.0. The molecule has 0 spiro atoms. The van der Waals surface area contributed by atoms with Gasteiger partial charge in [-0.15, -0.1) is 0 Å². The van der Waals surface area contributed by atoms with E-state index >= 15 is 0 Å². The van der Waals surface area contributed by atoms with Gasteiger partial charge in [-0.25, -0.2) is 0 Å². The van der Waals surface area contributed by atoms with Gasteiger partial charge in [0, 0.05) is 25.1 Å². The lowest BCUT2D eigenvalue weighted by Crippen LogP contribution is -2.48. The summed E-state index contributed by atoms with van der Waals surface area (Å²) in [6, 6.07) is 10.7. The molecule has 0 saturated heterocycles. The molecule has 8 nitrogen and oxygen atoms in total. The number of amides is 3. The molecule has 4 rings (SSSR count). The van der Waals surface area contributed by atoms with Crippen LogP contribution in [0, 0.1) is 5.92 Å². The predicted molar refractivity (Wildman–Crippen MR) is 124 cm³/mol. The van der Waals surface area contributed by atoms with Crippen molar-refractivity contribution in [3.05, 3.63) is 53.1 Å². The number of para-hydroxylation sites is 1. The van der Waals surface area contributed by atoms with Crippen LogP contribution >= 0.6 is 0 Å². The summed E-state index contributed by atoms with van der Waals surface area (Å²) in [4.78, 5) is 42.6. The van der Waals surface area contributed by atoms with Gasteiger partial charge in [0.15, 0.2) is 11.5 Å². The van der Waals surface area contributed by atoms with E-state index in [1.54, 1.807) is 34.1 Å². The van der Waals surface area contributed by atoms with Gasteiger partial charge in [0.2, 0.25) is 5.91 Å². The molecule has 174 valence electrons. The summed E-state index contributed by atoms with van der Waals surface area (Å²) in [5.41, 5.74) is 2.11. The Kier molecular flexibility index (Phi) is 6.26. The fourth-order valence-corrected chi connectivity index (χ4v) is 4.47. The van der Waals surface area contributed by atoms with Crippen molar-refractivity contribution < 1.29 is 23.9 Å². The maximum Gasteiger partial charge on any atom is 0.264 e. The first-order valence-electron chi connectivity index (χ1n) is 11.1. The van der Waals surface area contributed by atoms with Crippen LogP contribution in [0.15, 0.2) is 36.4 Å². The van der Waals surface area contributed by atoms with E-state index in [0.29, 0.717) is 65.7 Å². The summed E-state index contributed by atoms with van der Waals surface area (Å²) in [6.07, 6.45) is 0.185. The average molecular weight is 452 g/mol. The minimum absolute atomic E-state index is 0.0419. The average Bonchev–Trinajstić information content (AvgIpc) is 3.11. The first kappa shape index (κ1) is 22.6. The molecule has 2 aliphatic heterocycles. The number of ether oxygens (including phenoxy) is 2. The molecule has 2 heterocycles. The van der Waals surface area contributed by atoms with Crippen molar-refractivity contribution in [2.75, 3.05) is 32.2 Å². The van der Waals surface area contributed by atoms with Crippen molar-refractivity contribution in [2.24, 2.45) is 5.92 Å². The summed E-state index contributed by atoms with van der Waals surface area (Å²) in [7, 11) is 3.02. The molecule has 33 heavy (non-hydrogen) atoms. The number of hydrogen-bond donors (Lipinski definition) is 1. The van der Waals surface area contributed by atoms with Gasteiger partial charge in [0.25, 0.3) is 11.8 Å². The van der Waals surface area contributed by atoms with E-state index in [4.69, 9.17) is 9.47 Å². The van der Waals surface area contributed by atoms with Crippen molar-refractivity contribution in [3.63, 3.8) is 0 Å². The Morgan fingerprint density at radius 1 is 1.06 bits per heavy atom. The predicted octanol–water partition coefficient (Wildman–Crippen LogP) is 3.37. The van der Waals surface area contributed by atoms with Crippen LogP contribution in [0.2, 0.25) is 0 Å². The second kappa shape index (κ2) is 9.13. The Bertz CT molecular complexity index is 1100. The monoisotopic (exact) mass is 451 g/mol. The van der Waals surface area contributed by atoms with Crippen molar-refractivity contribution in [1.82, 2.24) is 10.2 Å². The second-order valence-electron chi connectivity index (χ2n) is 8.63. The highest BCUT2D eigenvalue weighted by molar-refractivity contribution is 6.18. The van der Waals surface area contributed by atoms with Crippen LogP contribution in [0.1, 0.15) is 59.1 Å². The molecule has 0 unspecified atom stereocenters. The zero-order chi connectivity index (χ0) is 23.7. The Morgan fingerprint density at radius 2 is 1.82 bits per heavy atom. The molecule has 2 aliphatic rings. The number of hydrogen-bond acceptors (Lipinski definition) is 5.